The van der Waals surface area contributed by atoms with Crippen LogP contribution in [-0.2, 0) is 17.1 Å². The number of anilines is 1. The van der Waals surface area contributed by atoms with E-state index in [1.54, 1.807) is 24.3 Å². The van der Waals surface area contributed by atoms with Gasteiger partial charge >= 0.3 is 0 Å². The van der Waals surface area contributed by atoms with Gasteiger partial charge in [-0.25, -0.2) is 4.39 Å². The third-order valence-electron chi connectivity index (χ3n) is 4.15. The Hall–Kier alpha value is -3.12. The lowest BCUT2D eigenvalue weighted by molar-refractivity contribution is -0.118. The van der Waals surface area contributed by atoms with Crippen molar-refractivity contribution in [2.75, 3.05) is 11.1 Å². The maximum Gasteiger partial charge on any atom is 0.255 e. The maximum atomic E-state index is 12.9. The summed E-state index contributed by atoms with van der Waals surface area (Å²) in [7, 11) is 0. The summed E-state index contributed by atoms with van der Waals surface area (Å²) in [5.74, 6) is 0.482. The quantitative estimate of drug-likeness (QED) is 0.571. The van der Waals surface area contributed by atoms with Crippen molar-refractivity contribution in [3.63, 3.8) is 0 Å². The van der Waals surface area contributed by atoms with E-state index in [4.69, 9.17) is 0 Å². The average Bonchev–Trinajstić information content (AvgIpc) is 2.74. The van der Waals surface area contributed by atoms with E-state index >= 15 is 0 Å². The first-order valence-electron chi connectivity index (χ1n) is 9.14. The van der Waals surface area contributed by atoms with Gasteiger partial charge in [0, 0.05) is 23.5 Å². The minimum atomic E-state index is -0.292. The van der Waals surface area contributed by atoms with Crippen LogP contribution in [0.5, 0.6) is 0 Å². The van der Waals surface area contributed by atoms with Crippen molar-refractivity contribution in [1.29, 1.82) is 0 Å². The number of hydrogen-bond acceptors (Lipinski definition) is 3. The molecule has 3 rings (SSSR count). The molecular weight excluding hydrogens is 387 g/mol. The molecule has 2 N–H and O–H groups in total. The van der Waals surface area contributed by atoms with Crippen LogP contribution in [0, 0.1) is 5.82 Å². The topological polar surface area (TPSA) is 58.2 Å². The molecule has 2 amide bonds. The fourth-order valence-electron chi connectivity index (χ4n) is 2.59. The van der Waals surface area contributed by atoms with Gasteiger partial charge in [-0.1, -0.05) is 42.5 Å². The lowest BCUT2D eigenvalue weighted by Crippen LogP contribution is -2.24. The second-order valence-corrected chi connectivity index (χ2v) is 7.40. The van der Waals surface area contributed by atoms with Gasteiger partial charge in [-0.2, -0.15) is 0 Å². The third-order valence-corrected chi connectivity index (χ3v) is 5.16. The summed E-state index contributed by atoms with van der Waals surface area (Å²) in [5, 5.41) is 5.67. The highest BCUT2D eigenvalue weighted by Crippen LogP contribution is 2.14. The van der Waals surface area contributed by atoms with Crippen LogP contribution in [-0.4, -0.2) is 17.6 Å². The standard InChI is InChI=1S/C23H21FN2O2S/c24-20-12-8-17(9-13-20)14-25-22(27)16-29-15-18-6-10-19(11-7-18)23(28)26-21-4-2-1-3-5-21/h1-13H,14-16H2,(H,25,27)(H,26,28). The molecule has 4 nitrogen and oxygen atoms in total. The molecule has 29 heavy (non-hydrogen) atoms. The van der Waals surface area contributed by atoms with Gasteiger partial charge in [0.05, 0.1) is 5.75 Å². The fourth-order valence-corrected chi connectivity index (χ4v) is 3.41. The van der Waals surface area contributed by atoms with E-state index in [9.17, 15) is 14.0 Å². The Kier molecular flexibility index (Phi) is 7.41. The number of halogens is 1. The smallest absolute Gasteiger partial charge is 0.255 e. The van der Waals surface area contributed by atoms with Gasteiger partial charge in [0.15, 0.2) is 0 Å². The molecular formula is C23H21FN2O2S. The van der Waals surface area contributed by atoms with Crippen molar-refractivity contribution in [3.05, 3.63) is 101 Å². The first-order chi connectivity index (χ1) is 14.1. The molecule has 0 heterocycles. The van der Waals surface area contributed by atoms with Gasteiger partial charge in [-0.3, -0.25) is 9.59 Å². The number of para-hydroxylation sites is 1. The highest BCUT2D eigenvalue weighted by molar-refractivity contribution is 7.99. The summed E-state index contributed by atoms with van der Waals surface area (Å²) in [5.41, 5.74) is 3.23. The van der Waals surface area contributed by atoms with Crippen molar-refractivity contribution in [2.45, 2.75) is 12.3 Å². The third kappa shape index (κ3) is 6.76. The predicted molar refractivity (Wildman–Crippen MR) is 115 cm³/mol. The summed E-state index contributed by atoms with van der Waals surface area (Å²) < 4.78 is 12.9. The Bertz CT molecular complexity index is 945. The predicted octanol–water partition coefficient (Wildman–Crippen LogP) is 4.63. The molecule has 0 aliphatic heterocycles. The van der Waals surface area contributed by atoms with Crippen LogP contribution in [0.15, 0.2) is 78.9 Å². The highest BCUT2D eigenvalue weighted by Gasteiger charge is 2.07. The first-order valence-corrected chi connectivity index (χ1v) is 10.3. The zero-order valence-electron chi connectivity index (χ0n) is 15.7. The number of hydrogen-bond donors (Lipinski definition) is 2. The van der Waals surface area contributed by atoms with Crippen molar-refractivity contribution >= 4 is 29.3 Å². The highest BCUT2D eigenvalue weighted by atomic mass is 32.2. The van der Waals surface area contributed by atoms with Crippen molar-refractivity contribution in [1.82, 2.24) is 5.32 Å². The Balaban J connectivity index is 1.40. The zero-order chi connectivity index (χ0) is 20.5. The summed E-state index contributed by atoms with van der Waals surface area (Å²) in [6.45, 7) is 0.380. The first kappa shape index (κ1) is 20.6. The number of thioether (sulfide) groups is 1. The Labute approximate surface area is 173 Å². The van der Waals surface area contributed by atoms with Crippen molar-refractivity contribution in [3.8, 4) is 0 Å². The number of benzene rings is 3. The van der Waals surface area contributed by atoms with Gasteiger partial charge < -0.3 is 10.6 Å². The molecule has 0 spiro atoms. The van der Waals surface area contributed by atoms with E-state index < -0.39 is 0 Å². The molecule has 0 saturated heterocycles. The summed E-state index contributed by atoms with van der Waals surface area (Å²) in [6, 6.07) is 22.7. The molecule has 3 aromatic rings. The molecule has 0 atom stereocenters. The van der Waals surface area contributed by atoms with E-state index in [0.717, 1.165) is 16.8 Å². The number of carbonyl (C=O) groups excluding carboxylic acids is 2. The molecule has 3 aromatic carbocycles. The Morgan fingerprint density at radius 1 is 0.828 bits per heavy atom. The van der Waals surface area contributed by atoms with Crippen LogP contribution >= 0.6 is 11.8 Å². The lowest BCUT2D eigenvalue weighted by atomic mass is 10.1. The second kappa shape index (κ2) is 10.4. The maximum absolute atomic E-state index is 12.9. The van der Waals surface area contributed by atoms with Crippen LogP contribution in [0.1, 0.15) is 21.5 Å². The molecule has 0 unspecified atom stereocenters. The summed E-state index contributed by atoms with van der Waals surface area (Å²) in [6.07, 6.45) is 0. The van der Waals surface area contributed by atoms with E-state index in [2.05, 4.69) is 10.6 Å². The lowest BCUT2D eigenvalue weighted by Gasteiger charge is -2.07. The SMILES string of the molecule is O=C(CSCc1ccc(C(=O)Nc2ccccc2)cc1)NCc1ccc(F)cc1. The summed E-state index contributed by atoms with van der Waals surface area (Å²) >= 11 is 1.50. The molecule has 148 valence electrons. The molecule has 6 heteroatoms. The van der Waals surface area contributed by atoms with Crippen LogP contribution in [0.2, 0.25) is 0 Å². The normalized spacial score (nSPS) is 10.4. The van der Waals surface area contributed by atoms with E-state index in [1.165, 1.54) is 23.9 Å². The van der Waals surface area contributed by atoms with Crippen molar-refractivity contribution < 1.29 is 14.0 Å². The minimum Gasteiger partial charge on any atom is -0.351 e. The number of nitrogens with one attached hydrogen (secondary N) is 2. The van der Waals surface area contributed by atoms with E-state index in [1.807, 2.05) is 42.5 Å². The van der Waals surface area contributed by atoms with E-state index in [-0.39, 0.29) is 17.6 Å². The monoisotopic (exact) mass is 408 g/mol. The van der Waals surface area contributed by atoms with Gasteiger partial charge in [-0.15, -0.1) is 11.8 Å². The molecule has 0 saturated carbocycles. The average molecular weight is 408 g/mol. The number of amides is 2. The fraction of sp³-hybridized carbons (Fsp3) is 0.130. The minimum absolute atomic E-state index is 0.0711. The van der Waals surface area contributed by atoms with Crippen LogP contribution in [0.4, 0.5) is 10.1 Å². The molecule has 0 bridgehead atoms. The summed E-state index contributed by atoms with van der Waals surface area (Å²) in [4.78, 5) is 24.2. The molecule has 0 aliphatic rings. The van der Waals surface area contributed by atoms with Crippen LogP contribution in [0.25, 0.3) is 0 Å². The Morgan fingerprint density at radius 3 is 2.17 bits per heavy atom. The molecule has 0 radical (unpaired) electrons. The van der Waals surface area contributed by atoms with Gasteiger partial charge in [0.25, 0.3) is 5.91 Å². The second-order valence-electron chi connectivity index (χ2n) is 6.41. The molecule has 0 aromatic heterocycles. The van der Waals surface area contributed by atoms with Crippen molar-refractivity contribution in [2.24, 2.45) is 0 Å². The Morgan fingerprint density at radius 2 is 1.48 bits per heavy atom. The molecule has 0 fully saturated rings. The number of carbonyl (C=O) groups is 2. The van der Waals surface area contributed by atoms with Crippen LogP contribution in [0.3, 0.4) is 0 Å². The van der Waals surface area contributed by atoms with Gasteiger partial charge in [-0.05, 0) is 47.5 Å². The zero-order valence-corrected chi connectivity index (χ0v) is 16.5. The largest absolute Gasteiger partial charge is 0.351 e. The number of rotatable bonds is 8. The molecule has 0 aliphatic carbocycles. The van der Waals surface area contributed by atoms with E-state index in [0.29, 0.717) is 23.6 Å². The van der Waals surface area contributed by atoms with Gasteiger partial charge in [0.1, 0.15) is 5.82 Å². The van der Waals surface area contributed by atoms with Crippen LogP contribution < -0.4 is 10.6 Å². The van der Waals surface area contributed by atoms with Gasteiger partial charge in [0.2, 0.25) is 5.91 Å².